The summed E-state index contributed by atoms with van der Waals surface area (Å²) in [6.45, 7) is 19.0. The summed E-state index contributed by atoms with van der Waals surface area (Å²) in [7, 11) is 0. The first-order chi connectivity index (χ1) is 5.83. The van der Waals surface area contributed by atoms with Crippen molar-refractivity contribution in [3.05, 3.63) is 39.2 Å². The molecule has 0 aromatic rings. The van der Waals surface area contributed by atoms with Crippen LogP contribution in [-0.4, -0.2) is 20.4 Å². The fraction of sp³-hybridized carbons (Fsp3) is 0. The molecule has 0 rings (SSSR count). The summed E-state index contributed by atoms with van der Waals surface area (Å²) in [5, 5.41) is 0. The Labute approximate surface area is 91.7 Å². The smallest absolute Gasteiger partial charge is 0.307 e. The van der Waals surface area contributed by atoms with Gasteiger partial charge in [-0.15, -0.1) is 0 Å². The van der Waals surface area contributed by atoms with Crippen LogP contribution in [0, 0.1) is 13.8 Å². The van der Waals surface area contributed by atoms with Crippen molar-refractivity contribution in [2.75, 3.05) is 0 Å². The van der Waals surface area contributed by atoms with Crippen molar-refractivity contribution in [2.45, 2.75) is 0 Å². The topological polar surface area (TPSA) is 51.2 Å². The minimum atomic E-state index is 0. The largest absolute Gasteiger partial charge is 2.00 e. The van der Waals surface area contributed by atoms with Gasteiger partial charge in [-0.25, -0.2) is 39.2 Å². The van der Waals surface area contributed by atoms with Gasteiger partial charge in [-0.1, -0.05) is 0 Å². The molecule has 0 bridgehead atoms. The number of allylic oxidation sites excluding steroid dienone is 2. The van der Waals surface area contributed by atoms with Crippen molar-refractivity contribution in [3.63, 3.8) is 0 Å². The van der Waals surface area contributed by atoms with Gasteiger partial charge in [0.25, 0.3) is 0 Å². The zero-order valence-corrected chi connectivity index (χ0v) is 9.01. The maximum Gasteiger partial charge on any atom is 2.00 e. The average molecular weight is 224 g/mol. The second-order valence-corrected chi connectivity index (χ2v) is 0.577. The third-order valence-electron chi connectivity index (χ3n) is 0. The van der Waals surface area contributed by atoms with E-state index in [1.165, 1.54) is 12.2 Å². The van der Waals surface area contributed by atoms with Crippen LogP contribution in [0.5, 0.6) is 0 Å². The number of rotatable bonds is 0. The van der Waals surface area contributed by atoms with Gasteiger partial charge < -0.3 is 14.4 Å². The van der Waals surface area contributed by atoms with Crippen molar-refractivity contribution in [1.29, 1.82) is 0 Å². The van der Waals surface area contributed by atoms with E-state index in [0.717, 1.165) is 0 Å². The molecule has 0 atom stereocenters. The van der Waals surface area contributed by atoms with Crippen LogP contribution in [-0.2, 0) is 31.7 Å². The van der Waals surface area contributed by atoms with Crippen molar-refractivity contribution in [3.8, 4) is 0 Å². The van der Waals surface area contributed by atoms with Crippen molar-refractivity contribution in [2.24, 2.45) is 0 Å². The van der Waals surface area contributed by atoms with Crippen LogP contribution >= 0.6 is 0 Å². The van der Waals surface area contributed by atoms with Gasteiger partial charge in [-0.2, -0.15) is 0 Å². The van der Waals surface area contributed by atoms with E-state index in [-0.39, 0.29) is 17.4 Å². The third kappa shape index (κ3) is 540. The third-order valence-corrected chi connectivity index (χ3v) is 0. The molecule has 13 heavy (non-hydrogen) atoms. The van der Waals surface area contributed by atoms with Crippen molar-refractivity contribution < 1.29 is 31.7 Å². The molecule has 0 aromatic heterocycles. The normalized spacial score (nSPS) is 2.77. The molecule has 0 unspecified atom stereocenters. The Hall–Kier alpha value is -1.24. The average Bonchev–Trinajstić information content (AvgIpc) is 2.16. The monoisotopic (exact) mass is 224 g/mol. The number of hydrogen-bond donors (Lipinski definition) is 0. The summed E-state index contributed by atoms with van der Waals surface area (Å²) in [5.74, 6) is 0. The molecule has 0 aliphatic carbocycles. The molecule has 3 nitrogen and oxygen atoms in total. The van der Waals surface area contributed by atoms with E-state index < -0.39 is 0 Å². The van der Waals surface area contributed by atoms with Gasteiger partial charge >= 0.3 is 17.4 Å². The first-order valence-corrected chi connectivity index (χ1v) is 2.50. The van der Waals surface area contributed by atoms with Gasteiger partial charge in [0.05, 0.1) is 0 Å². The fourth-order valence-electron chi connectivity index (χ4n) is 0. The molecule has 0 fully saturated rings. The Balaban J connectivity index is -0.0000000118. The molecule has 0 radical (unpaired) electrons. The molecular weight excluding hydrogens is 208 g/mol. The van der Waals surface area contributed by atoms with E-state index >= 15 is 0 Å². The molecular formula is C9H16CrO3. The summed E-state index contributed by atoms with van der Waals surface area (Å²) >= 11 is 0. The van der Waals surface area contributed by atoms with E-state index in [4.69, 9.17) is 14.4 Å². The van der Waals surface area contributed by atoms with Crippen LogP contribution in [0.3, 0.4) is 0 Å². The Morgan fingerprint density at radius 3 is 0.692 bits per heavy atom. The summed E-state index contributed by atoms with van der Waals surface area (Å²) in [6.07, 6.45) is 3.00. The zero-order chi connectivity index (χ0) is 11.4. The Morgan fingerprint density at radius 2 is 0.692 bits per heavy atom. The maximum absolute atomic E-state index is 8.00. The SMILES string of the molecule is C=C[CH2-].C=C[CH2-].C=O.C=O.C=O.[Cr+2]. The molecule has 0 aliphatic heterocycles. The standard InChI is InChI=1S/2C3H5.3CH2O.Cr/c2*1-3-2;3*1-2;/h2*3H,1-2H2;3*1H2;/q2*-1;;;;+2. The summed E-state index contributed by atoms with van der Waals surface area (Å²) in [4.78, 5) is 24.0. The van der Waals surface area contributed by atoms with E-state index in [2.05, 4.69) is 27.0 Å². The van der Waals surface area contributed by atoms with Crippen molar-refractivity contribution in [1.82, 2.24) is 0 Å². The molecule has 0 amide bonds. The Kier molecular flexibility index (Phi) is 5570. The fourth-order valence-corrected chi connectivity index (χ4v) is 0. The van der Waals surface area contributed by atoms with Crippen LogP contribution < -0.4 is 0 Å². The predicted molar refractivity (Wildman–Crippen MR) is 52.5 cm³/mol. The predicted octanol–water partition coefficient (Wildman–Crippen LogP) is 1.46. The van der Waals surface area contributed by atoms with E-state index in [1.807, 2.05) is 20.4 Å². The summed E-state index contributed by atoms with van der Waals surface area (Å²) < 4.78 is 0. The molecule has 0 saturated carbocycles. The molecule has 0 aromatic carbocycles. The number of hydrogen-bond acceptors (Lipinski definition) is 3. The van der Waals surface area contributed by atoms with E-state index in [1.54, 1.807) is 0 Å². The van der Waals surface area contributed by atoms with Gasteiger partial charge in [0.2, 0.25) is 0 Å². The molecule has 4 heteroatoms. The number of carbonyl (C=O) groups is 3. The Morgan fingerprint density at radius 1 is 0.692 bits per heavy atom. The first kappa shape index (κ1) is 41.0. The molecule has 0 N–H and O–H groups in total. The van der Waals surface area contributed by atoms with Gasteiger partial charge in [-0.3, -0.25) is 0 Å². The van der Waals surface area contributed by atoms with Gasteiger partial charge in [-0.05, 0) is 0 Å². The quantitative estimate of drug-likeness (QED) is 0.585. The van der Waals surface area contributed by atoms with Gasteiger partial charge in [0.15, 0.2) is 0 Å². The van der Waals surface area contributed by atoms with Gasteiger partial charge in [0, 0.05) is 0 Å². The Bertz CT molecular complexity index is 57.1. The molecule has 0 heterocycles. The maximum atomic E-state index is 8.00. The second-order valence-electron chi connectivity index (χ2n) is 0.577. The van der Waals surface area contributed by atoms with Crippen LogP contribution in [0.2, 0.25) is 0 Å². The van der Waals surface area contributed by atoms with E-state index in [9.17, 15) is 0 Å². The van der Waals surface area contributed by atoms with E-state index in [0.29, 0.717) is 0 Å². The minimum absolute atomic E-state index is 0. The number of carbonyl (C=O) groups excluding carboxylic acids is 3. The van der Waals surface area contributed by atoms with Crippen molar-refractivity contribution >= 4 is 20.4 Å². The molecule has 0 aliphatic rings. The van der Waals surface area contributed by atoms with Crippen LogP contribution in [0.4, 0.5) is 0 Å². The summed E-state index contributed by atoms with van der Waals surface area (Å²) in [5.41, 5.74) is 0. The summed E-state index contributed by atoms with van der Waals surface area (Å²) in [6, 6.07) is 0. The van der Waals surface area contributed by atoms with Crippen LogP contribution in [0.25, 0.3) is 0 Å². The second kappa shape index (κ2) is 1760. The van der Waals surface area contributed by atoms with Crippen LogP contribution in [0.15, 0.2) is 25.3 Å². The zero-order valence-electron chi connectivity index (χ0n) is 7.74. The van der Waals surface area contributed by atoms with Crippen LogP contribution in [0.1, 0.15) is 0 Å². The van der Waals surface area contributed by atoms with Gasteiger partial charge in [0.1, 0.15) is 20.4 Å². The molecule has 76 valence electrons. The molecule has 0 spiro atoms. The first-order valence-electron chi connectivity index (χ1n) is 2.50. The minimum Gasteiger partial charge on any atom is -0.307 e. The molecule has 0 saturated heterocycles.